The second-order valence-corrected chi connectivity index (χ2v) is 7.77. The van der Waals surface area contributed by atoms with E-state index >= 15 is 0 Å². The van der Waals surface area contributed by atoms with Gasteiger partial charge in [0.05, 0.1) is 10.6 Å². The van der Waals surface area contributed by atoms with Crippen LogP contribution < -0.4 is 0 Å². The number of hydrogen-bond acceptors (Lipinski definition) is 5. The normalized spacial score (nSPS) is 21.4. The summed E-state index contributed by atoms with van der Waals surface area (Å²) in [7, 11) is 0. The van der Waals surface area contributed by atoms with Crippen LogP contribution in [0.5, 0.6) is 0 Å². The number of carbonyl (C=O) groups is 1. The lowest BCUT2D eigenvalue weighted by Gasteiger charge is -2.31. The number of hydrogen-bond donors (Lipinski definition) is 0. The van der Waals surface area contributed by atoms with Crippen molar-refractivity contribution >= 4 is 17.2 Å². The molecule has 2 aromatic rings. The molecule has 1 amide bonds. The first-order chi connectivity index (χ1) is 11.2. The smallest absolute Gasteiger partial charge is 0.257 e. The summed E-state index contributed by atoms with van der Waals surface area (Å²) in [6, 6.07) is 0. The van der Waals surface area contributed by atoms with Gasteiger partial charge < -0.3 is 4.90 Å². The van der Waals surface area contributed by atoms with E-state index in [9.17, 15) is 4.79 Å². The molecule has 0 N–H and O–H groups in total. The predicted molar refractivity (Wildman–Crippen MR) is 88.7 cm³/mol. The minimum atomic E-state index is 0.0466. The first-order valence-corrected chi connectivity index (χ1v) is 9.06. The molecule has 0 unspecified atom stereocenters. The van der Waals surface area contributed by atoms with Crippen LogP contribution in [0.15, 0.2) is 18.6 Å². The van der Waals surface area contributed by atoms with Crippen molar-refractivity contribution in [3.05, 3.63) is 39.9 Å². The number of piperidine rings is 1. The molecule has 1 atom stereocenters. The molecular formula is C17H20N4OS. The van der Waals surface area contributed by atoms with Crippen molar-refractivity contribution in [3.63, 3.8) is 0 Å². The van der Waals surface area contributed by atoms with E-state index in [-0.39, 0.29) is 5.91 Å². The molecule has 0 aromatic carbocycles. The largest absolute Gasteiger partial charge is 0.338 e. The van der Waals surface area contributed by atoms with Gasteiger partial charge in [-0.1, -0.05) is 0 Å². The van der Waals surface area contributed by atoms with E-state index in [0.717, 1.165) is 36.8 Å². The van der Waals surface area contributed by atoms with E-state index in [1.54, 1.807) is 23.7 Å². The van der Waals surface area contributed by atoms with Gasteiger partial charge in [-0.3, -0.25) is 4.79 Å². The Kier molecular flexibility index (Phi) is 3.85. The molecule has 0 spiro atoms. The molecule has 0 radical (unpaired) electrons. The van der Waals surface area contributed by atoms with Crippen molar-refractivity contribution in [3.8, 4) is 0 Å². The Bertz CT molecular complexity index is 708. The summed E-state index contributed by atoms with van der Waals surface area (Å²) in [6.07, 6.45) is 9.79. The van der Waals surface area contributed by atoms with Gasteiger partial charge in [-0.25, -0.2) is 15.0 Å². The van der Waals surface area contributed by atoms with Gasteiger partial charge in [0.1, 0.15) is 5.82 Å². The molecule has 1 aliphatic heterocycles. The van der Waals surface area contributed by atoms with E-state index in [2.05, 4.69) is 21.9 Å². The summed E-state index contributed by atoms with van der Waals surface area (Å²) >= 11 is 1.74. The maximum Gasteiger partial charge on any atom is 0.257 e. The first-order valence-electron chi connectivity index (χ1n) is 8.24. The molecule has 2 fully saturated rings. The van der Waals surface area contributed by atoms with Crippen LogP contribution in [0.3, 0.4) is 0 Å². The number of aryl methyl sites for hydroxylation is 1. The second kappa shape index (κ2) is 6.00. The molecule has 120 valence electrons. The zero-order chi connectivity index (χ0) is 15.8. The van der Waals surface area contributed by atoms with Gasteiger partial charge in [0.25, 0.3) is 5.91 Å². The minimum absolute atomic E-state index is 0.0466. The van der Waals surface area contributed by atoms with Crippen LogP contribution in [0, 0.1) is 6.92 Å². The highest BCUT2D eigenvalue weighted by Crippen LogP contribution is 2.37. The van der Waals surface area contributed by atoms with Crippen molar-refractivity contribution < 1.29 is 4.79 Å². The van der Waals surface area contributed by atoms with Crippen molar-refractivity contribution in [1.29, 1.82) is 0 Å². The molecule has 1 aliphatic carbocycles. The third kappa shape index (κ3) is 3.13. The topological polar surface area (TPSA) is 59.0 Å². The summed E-state index contributed by atoms with van der Waals surface area (Å²) in [5.41, 5.74) is 0.602. The fourth-order valence-electron chi connectivity index (χ4n) is 3.11. The highest BCUT2D eigenvalue weighted by Gasteiger charge is 2.29. The van der Waals surface area contributed by atoms with Crippen LogP contribution in [0.25, 0.3) is 0 Å². The number of nitrogens with zero attached hydrogens (tertiary/aromatic N) is 4. The molecule has 1 saturated carbocycles. The van der Waals surface area contributed by atoms with Gasteiger partial charge in [-0.15, -0.1) is 11.3 Å². The number of aromatic nitrogens is 3. The Morgan fingerprint density at radius 2 is 1.91 bits per heavy atom. The predicted octanol–water partition coefficient (Wildman–Crippen LogP) is 3.14. The Morgan fingerprint density at radius 1 is 1.13 bits per heavy atom. The molecule has 6 heteroatoms. The molecule has 4 rings (SSSR count). The highest BCUT2D eigenvalue weighted by molar-refractivity contribution is 7.11. The van der Waals surface area contributed by atoms with E-state index in [1.807, 2.05) is 11.1 Å². The summed E-state index contributed by atoms with van der Waals surface area (Å²) in [6.45, 7) is 3.63. The molecule has 23 heavy (non-hydrogen) atoms. The third-order valence-electron chi connectivity index (χ3n) is 4.56. The number of amides is 1. The monoisotopic (exact) mass is 328 g/mol. The summed E-state index contributed by atoms with van der Waals surface area (Å²) in [5, 5.41) is 1.15. The van der Waals surface area contributed by atoms with Crippen LogP contribution in [-0.2, 0) is 0 Å². The number of thiazole rings is 1. The minimum Gasteiger partial charge on any atom is -0.338 e. The lowest BCUT2D eigenvalue weighted by molar-refractivity contribution is 0.0706. The van der Waals surface area contributed by atoms with Crippen LogP contribution in [0.2, 0.25) is 0 Å². The van der Waals surface area contributed by atoms with E-state index < -0.39 is 0 Å². The molecule has 3 heterocycles. The van der Waals surface area contributed by atoms with Gasteiger partial charge in [0, 0.05) is 48.4 Å². The molecule has 2 aliphatic rings. The van der Waals surface area contributed by atoms with E-state index in [4.69, 9.17) is 0 Å². The van der Waals surface area contributed by atoms with E-state index in [1.165, 1.54) is 17.7 Å². The molecule has 1 saturated heterocycles. The SMILES string of the molecule is Cc1cnc([C@H]2CCCN(C(=O)c3cnc(C4CC4)nc3)C2)s1. The quantitative estimate of drug-likeness (QED) is 0.868. The molecule has 5 nitrogen and oxygen atoms in total. The molecule has 0 bridgehead atoms. The maximum atomic E-state index is 12.7. The van der Waals surface area contributed by atoms with Crippen molar-refractivity contribution in [2.75, 3.05) is 13.1 Å². The fourth-order valence-corrected chi connectivity index (χ4v) is 4.01. The lowest BCUT2D eigenvalue weighted by Crippen LogP contribution is -2.39. The Morgan fingerprint density at radius 3 is 2.57 bits per heavy atom. The van der Waals surface area contributed by atoms with Crippen molar-refractivity contribution in [2.45, 2.75) is 44.4 Å². The standard InChI is InChI=1S/C17H20N4OS/c1-11-7-20-16(23-11)13-3-2-6-21(10-13)17(22)14-8-18-15(19-9-14)12-4-5-12/h7-9,12-13H,2-6,10H2,1H3/t13-/m0/s1. The number of likely N-dealkylation sites (tertiary alicyclic amines) is 1. The highest BCUT2D eigenvalue weighted by atomic mass is 32.1. The fraction of sp³-hybridized carbons (Fsp3) is 0.529. The maximum absolute atomic E-state index is 12.7. The Balaban J connectivity index is 1.46. The Labute approximate surface area is 139 Å². The average molecular weight is 328 g/mol. The van der Waals surface area contributed by atoms with Gasteiger partial charge in [-0.05, 0) is 32.6 Å². The van der Waals surface area contributed by atoms with Crippen LogP contribution in [0.4, 0.5) is 0 Å². The third-order valence-corrected chi connectivity index (χ3v) is 5.63. The van der Waals surface area contributed by atoms with Crippen molar-refractivity contribution in [1.82, 2.24) is 19.9 Å². The Hall–Kier alpha value is -1.82. The van der Waals surface area contributed by atoms with Gasteiger partial charge in [0.15, 0.2) is 0 Å². The van der Waals surface area contributed by atoms with Gasteiger partial charge in [-0.2, -0.15) is 0 Å². The van der Waals surface area contributed by atoms with Gasteiger partial charge in [0.2, 0.25) is 0 Å². The van der Waals surface area contributed by atoms with Crippen LogP contribution in [-0.4, -0.2) is 38.8 Å². The van der Waals surface area contributed by atoms with E-state index in [0.29, 0.717) is 17.4 Å². The number of rotatable bonds is 3. The van der Waals surface area contributed by atoms with Crippen LogP contribution >= 0.6 is 11.3 Å². The summed E-state index contributed by atoms with van der Waals surface area (Å²) in [4.78, 5) is 29.1. The molecule has 2 aromatic heterocycles. The number of carbonyl (C=O) groups excluding carboxylic acids is 1. The zero-order valence-electron chi connectivity index (χ0n) is 13.2. The zero-order valence-corrected chi connectivity index (χ0v) is 14.1. The summed E-state index contributed by atoms with van der Waals surface area (Å²) < 4.78 is 0. The van der Waals surface area contributed by atoms with Gasteiger partial charge >= 0.3 is 0 Å². The summed E-state index contributed by atoms with van der Waals surface area (Å²) in [5.74, 6) is 1.81. The first kappa shape index (κ1) is 14.8. The lowest BCUT2D eigenvalue weighted by atomic mass is 9.98. The average Bonchev–Trinajstić information content (AvgIpc) is 3.36. The second-order valence-electron chi connectivity index (χ2n) is 6.50. The van der Waals surface area contributed by atoms with Crippen LogP contribution in [0.1, 0.15) is 63.6 Å². The molecular weight excluding hydrogens is 308 g/mol. The van der Waals surface area contributed by atoms with Crippen molar-refractivity contribution in [2.24, 2.45) is 0 Å².